The lowest BCUT2D eigenvalue weighted by atomic mass is 10.2. The monoisotopic (exact) mass is 458 g/mol. The van der Waals surface area contributed by atoms with Gasteiger partial charge in [0.1, 0.15) is 10.3 Å². The van der Waals surface area contributed by atoms with Gasteiger partial charge < -0.3 is 9.47 Å². The quantitative estimate of drug-likeness (QED) is 0.445. The van der Waals surface area contributed by atoms with Crippen molar-refractivity contribution in [1.29, 1.82) is 0 Å². The van der Waals surface area contributed by atoms with Crippen LogP contribution < -0.4 is 4.90 Å². The fourth-order valence-corrected chi connectivity index (χ4v) is 5.83. The Hall–Kier alpha value is -1.82. The summed E-state index contributed by atoms with van der Waals surface area (Å²) >= 11 is 6.90. The molecule has 0 spiro atoms. The normalized spacial score (nSPS) is 17.7. The minimum atomic E-state index is -4.05. The molecule has 2 heterocycles. The maximum Gasteiger partial charge on any atom is 0.253 e. The van der Waals surface area contributed by atoms with E-state index in [0.717, 1.165) is 20.5 Å². The Labute approximate surface area is 177 Å². The molecular formula is C18H19ClN2O6S2. The van der Waals surface area contributed by atoms with Crippen LogP contribution in [0.2, 0.25) is 5.02 Å². The van der Waals surface area contributed by atoms with Crippen LogP contribution in [0.3, 0.4) is 0 Å². The van der Waals surface area contributed by atoms with Crippen molar-refractivity contribution in [2.24, 2.45) is 0 Å². The summed E-state index contributed by atoms with van der Waals surface area (Å²) in [6.07, 6.45) is -1.19. The molecule has 1 aliphatic rings. The lowest BCUT2D eigenvalue weighted by Crippen LogP contribution is -2.48. The van der Waals surface area contributed by atoms with Crippen molar-refractivity contribution in [3.8, 4) is 0 Å². The lowest BCUT2D eigenvalue weighted by Gasteiger charge is -2.28. The van der Waals surface area contributed by atoms with Gasteiger partial charge in [-0.1, -0.05) is 17.7 Å². The van der Waals surface area contributed by atoms with Gasteiger partial charge in [0.15, 0.2) is 6.29 Å². The number of sulfonamides is 1. The minimum Gasteiger partial charge on any atom is -0.354 e. The van der Waals surface area contributed by atoms with Gasteiger partial charge in [-0.05, 0) is 35.7 Å². The second-order valence-electron chi connectivity index (χ2n) is 6.17. The van der Waals surface area contributed by atoms with Gasteiger partial charge in [-0.15, -0.1) is 11.3 Å². The number of halogens is 1. The Morgan fingerprint density at radius 1 is 1.21 bits per heavy atom. The zero-order valence-electron chi connectivity index (χ0n) is 15.6. The number of carbonyl (C=O) groups excluding carboxylic acids is 2. The van der Waals surface area contributed by atoms with Gasteiger partial charge in [-0.25, -0.2) is 13.3 Å². The summed E-state index contributed by atoms with van der Waals surface area (Å²) in [6, 6.07) is 8.00. The highest BCUT2D eigenvalue weighted by Gasteiger charge is 2.47. The SMILES string of the molecule is COC(CN(C1CC(=O)N(c2ccc(Cl)cc2)C1=O)S(=O)(=O)c1cccs1)OC. The van der Waals surface area contributed by atoms with E-state index < -0.39 is 34.2 Å². The molecule has 0 saturated carbocycles. The molecule has 29 heavy (non-hydrogen) atoms. The maximum absolute atomic E-state index is 13.2. The third-order valence-corrected chi connectivity index (χ3v) is 7.97. The molecule has 0 aliphatic carbocycles. The molecule has 1 aromatic carbocycles. The molecule has 1 aliphatic heterocycles. The molecular weight excluding hydrogens is 440 g/mol. The summed E-state index contributed by atoms with van der Waals surface area (Å²) < 4.78 is 37.7. The van der Waals surface area contributed by atoms with Crippen molar-refractivity contribution >= 4 is 50.5 Å². The Morgan fingerprint density at radius 2 is 1.86 bits per heavy atom. The fourth-order valence-electron chi connectivity index (χ4n) is 3.01. The van der Waals surface area contributed by atoms with Crippen LogP contribution in [-0.4, -0.2) is 57.6 Å². The largest absolute Gasteiger partial charge is 0.354 e. The summed E-state index contributed by atoms with van der Waals surface area (Å²) in [5.41, 5.74) is 0.329. The molecule has 1 aromatic heterocycles. The number of benzene rings is 1. The van der Waals surface area contributed by atoms with Crippen LogP contribution in [0, 0.1) is 0 Å². The molecule has 0 bridgehead atoms. The van der Waals surface area contributed by atoms with Crippen LogP contribution >= 0.6 is 22.9 Å². The van der Waals surface area contributed by atoms with Crippen molar-refractivity contribution in [2.45, 2.75) is 23.0 Å². The fraction of sp³-hybridized carbons (Fsp3) is 0.333. The second kappa shape index (κ2) is 8.90. The van der Waals surface area contributed by atoms with E-state index in [4.69, 9.17) is 21.1 Å². The van der Waals surface area contributed by atoms with Gasteiger partial charge in [0.05, 0.1) is 18.7 Å². The second-order valence-corrected chi connectivity index (χ2v) is 9.67. The van der Waals surface area contributed by atoms with Crippen LogP contribution in [0.25, 0.3) is 0 Å². The van der Waals surface area contributed by atoms with Gasteiger partial charge in [0, 0.05) is 19.2 Å². The van der Waals surface area contributed by atoms with Gasteiger partial charge in [-0.3, -0.25) is 9.59 Å². The van der Waals surface area contributed by atoms with E-state index in [0.29, 0.717) is 10.7 Å². The molecule has 156 valence electrons. The average molecular weight is 459 g/mol. The zero-order valence-corrected chi connectivity index (χ0v) is 18.0. The van der Waals surface area contributed by atoms with Gasteiger partial charge in [-0.2, -0.15) is 4.31 Å². The highest BCUT2D eigenvalue weighted by Crippen LogP contribution is 2.31. The summed E-state index contributed by atoms with van der Waals surface area (Å²) in [5.74, 6) is -1.14. The first-order chi connectivity index (χ1) is 13.8. The van der Waals surface area contributed by atoms with Crippen LogP contribution in [0.4, 0.5) is 5.69 Å². The molecule has 3 rings (SSSR count). The van der Waals surface area contributed by atoms with Crippen molar-refractivity contribution < 1.29 is 27.5 Å². The first kappa shape index (κ1) is 21.9. The van der Waals surface area contributed by atoms with Crippen molar-refractivity contribution in [2.75, 3.05) is 25.7 Å². The molecule has 1 fully saturated rings. The Kier molecular flexibility index (Phi) is 6.72. The van der Waals surface area contributed by atoms with E-state index in [9.17, 15) is 18.0 Å². The summed E-state index contributed by atoms with van der Waals surface area (Å²) in [7, 11) is -1.32. The van der Waals surface area contributed by atoms with Crippen molar-refractivity contribution in [3.05, 3.63) is 46.8 Å². The van der Waals surface area contributed by atoms with Gasteiger partial charge >= 0.3 is 0 Å². The molecule has 2 amide bonds. The minimum absolute atomic E-state index is 0.0636. The number of amides is 2. The maximum atomic E-state index is 13.2. The highest BCUT2D eigenvalue weighted by atomic mass is 35.5. The molecule has 1 saturated heterocycles. The lowest BCUT2D eigenvalue weighted by molar-refractivity contribution is -0.125. The number of rotatable bonds is 8. The van der Waals surface area contributed by atoms with E-state index in [1.807, 2.05) is 0 Å². The summed E-state index contributed by atoms with van der Waals surface area (Å²) in [6.45, 7) is -0.245. The first-order valence-electron chi connectivity index (χ1n) is 8.53. The third kappa shape index (κ3) is 4.37. The first-order valence-corrected chi connectivity index (χ1v) is 11.2. The van der Waals surface area contributed by atoms with E-state index >= 15 is 0 Å². The average Bonchev–Trinajstić information content (AvgIpc) is 3.33. The highest BCUT2D eigenvalue weighted by molar-refractivity contribution is 7.91. The molecule has 2 aromatic rings. The van der Waals surface area contributed by atoms with Crippen LogP contribution in [-0.2, 0) is 29.1 Å². The van der Waals surface area contributed by atoms with Crippen LogP contribution in [0.5, 0.6) is 0 Å². The molecule has 1 unspecified atom stereocenters. The molecule has 8 nitrogen and oxygen atoms in total. The van der Waals surface area contributed by atoms with Crippen LogP contribution in [0.1, 0.15) is 6.42 Å². The summed E-state index contributed by atoms with van der Waals surface area (Å²) in [4.78, 5) is 26.7. The molecule has 0 radical (unpaired) electrons. The van der Waals surface area contributed by atoms with Gasteiger partial charge in [0.2, 0.25) is 5.91 Å². The number of hydrogen-bond donors (Lipinski definition) is 0. The van der Waals surface area contributed by atoms with Crippen molar-refractivity contribution in [1.82, 2.24) is 4.31 Å². The van der Waals surface area contributed by atoms with E-state index in [1.165, 1.54) is 32.4 Å². The van der Waals surface area contributed by atoms with Crippen LogP contribution in [0.15, 0.2) is 46.0 Å². The number of carbonyl (C=O) groups is 2. The van der Waals surface area contributed by atoms with E-state index in [-0.39, 0.29) is 17.2 Å². The molecule has 0 N–H and O–H groups in total. The van der Waals surface area contributed by atoms with Gasteiger partial charge in [0.25, 0.3) is 15.9 Å². The van der Waals surface area contributed by atoms with E-state index in [1.54, 1.807) is 23.6 Å². The molecule has 1 atom stereocenters. The number of methoxy groups -OCH3 is 2. The topological polar surface area (TPSA) is 93.2 Å². The predicted octanol–water partition coefficient (Wildman–Crippen LogP) is 2.34. The number of nitrogens with zero attached hydrogens (tertiary/aromatic N) is 2. The van der Waals surface area contributed by atoms with E-state index in [2.05, 4.69) is 0 Å². The number of imide groups is 1. The molecule has 11 heteroatoms. The number of hydrogen-bond acceptors (Lipinski definition) is 7. The number of ether oxygens (including phenoxy) is 2. The summed E-state index contributed by atoms with van der Waals surface area (Å²) in [5, 5.41) is 2.07. The standard InChI is InChI=1S/C18H19ClN2O6S2/c1-26-16(27-2)11-20(29(24,25)17-4-3-9-28-17)14-10-15(22)21(18(14)23)13-7-5-12(19)6-8-13/h3-9,14,16H,10-11H2,1-2H3. The Bertz CT molecular complexity index is 974. The predicted molar refractivity (Wildman–Crippen MR) is 108 cm³/mol. The number of anilines is 1. The number of thiophene rings is 1. The Morgan fingerprint density at radius 3 is 2.41 bits per heavy atom. The smallest absolute Gasteiger partial charge is 0.253 e. The Balaban J connectivity index is 1.98. The van der Waals surface area contributed by atoms with Crippen molar-refractivity contribution in [3.63, 3.8) is 0 Å². The third-order valence-electron chi connectivity index (χ3n) is 4.47. The zero-order chi connectivity index (χ0) is 21.2.